The third kappa shape index (κ3) is 3.85. The quantitative estimate of drug-likeness (QED) is 0.471. The van der Waals surface area contributed by atoms with Crippen LogP contribution in [0, 0.1) is 5.92 Å². The lowest BCUT2D eigenvalue weighted by atomic mass is 9.99. The monoisotopic (exact) mass is 288 g/mol. The van der Waals surface area contributed by atoms with Crippen LogP contribution in [-0.4, -0.2) is 17.9 Å². The van der Waals surface area contributed by atoms with Crippen molar-refractivity contribution < 1.29 is 9.09 Å². The Labute approximate surface area is 120 Å². The zero-order valence-electron chi connectivity index (χ0n) is 13.4. The molecular formula is C16H33O2P. The second-order valence-corrected chi connectivity index (χ2v) is 9.15. The van der Waals surface area contributed by atoms with E-state index in [1.165, 1.54) is 32.1 Å². The normalized spacial score (nSPS) is 32.0. The van der Waals surface area contributed by atoms with E-state index in [4.69, 9.17) is 4.52 Å². The summed E-state index contributed by atoms with van der Waals surface area (Å²) in [5.74, 6) is 0.596. The molecule has 0 spiro atoms. The van der Waals surface area contributed by atoms with Crippen LogP contribution >= 0.6 is 7.37 Å². The Morgan fingerprint density at radius 1 is 1.16 bits per heavy atom. The molecule has 1 aliphatic heterocycles. The van der Waals surface area contributed by atoms with E-state index in [9.17, 15) is 4.57 Å². The molecular weight excluding hydrogens is 255 g/mol. The van der Waals surface area contributed by atoms with Crippen molar-refractivity contribution in [3.63, 3.8) is 0 Å². The fourth-order valence-electron chi connectivity index (χ4n) is 3.16. The average Bonchev–Trinajstić information content (AvgIpc) is 2.43. The number of hydrogen-bond acceptors (Lipinski definition) is 2. The van der Waals surface area contributed by atoms with Crippen molar-refractivity contribution >= 4 is 7.37 Å². The molecule has 0 aromatic carbocycles. The summed E-state index contributed by atoms with van der Waals surface area (Å²) < 4.78 is 18.9. The topological polar surface area (TPSA) is 26.3 Å². The summed E-state index contributed by atoms with van der Waals surface area (Å²) in [5, 5.41) is 0.0304. The van der Waals surface area contributed by atoms with E-state index in [0.29, 0.717) is 5.92 Å². The van der Waals surface area contributed by atoms with Crippen LogP contribution in [0.15, 0.2) is 0 Å². The fraction of sp³-hybridized carbons (Fsp3) is 1.00. The molecule has 1 aliphatic rings. The number of hydrogen-bond donors (Lipinski definition) is 0. The molecule has 0 aromatic heterocycles. The Morgan fingerprint density at radius 2 is 1.84 bits per heavy atom. The molecule has 0 radical (unpaired) electrons. The first-order valence-corrected chi connectivity index (χ1v) is 10.1. The lowest BCUT2D eigenvalue weighted by molar-refractivity contribution is 0.155. The molecule has 19 heavy (non-hydrogen) atoms. The van der Waals surface area contributed by atoms with Crippen LogP contribution in [-0.2, 0) is 9.09 Å². The van der Waals surface area contributed by atoms with Gasteiger partial charge in [0.15, 0.2) is 0 Å². The van der Waals surface area contributed by atoms with Crippen molar-refractivity contribution in [3.8, 4) is 0 Å². The van der Waals surface area contributed by atoms with Crippen LogP contribution in [0.5, 0.6) is 0 Å². The zero-order chi connectivity index (χ0) is 14.4. The molecule has 3 atom stereocenters. The highest BCUT2D eigenvalue weighted by Crippen LogP contribution is 2.71. The molecule has 0 amide bonds. The molecule has 1 rings (SSSR count). The highest BCUT2D eigenvalue weighted by Gasteiger charge is 2.56. The Hall–Kier alpha value is 0.190. The van der Waals surface area contributed by atoms with Gasteiger partial charge in [0, 0.05) is 6.16 Å². The van der Waals surface area contributed by atoms with Crippen molar-refractivity contribution in [3.05, 3.63) is 0 Å². The zero-order valence-corrected chi connectivity index (χ0v) is 14.3. The van der Waals surface area contributed by atoms with Gasteiger partial charge in [0.1, 0.15) is 0 Å². The largest absolute Gasteiger partial charge is 0.327 e. The molecule has 114 valence electrons. The minimum absolute atomic E-state index is 0.0304. The van der Waals surface area contributed by atoms with Crippen LogP contribution in [0.3, 0.4) is 0 Å². The van der Waals surface area contributed by atoms with Gasteiger partial charge in [-0.25, -0.2) is 0 Å². The third-order valence-corrected chi connectivity index (χ3v) is 8.62. The molecule has 0 aliphatic carbocycles. The van der Waals surface area contributed by atoms with Crippen LogP contribution in [0.2, 0.25) is 0 Å². The van der Waals surface area contributed by atoms with Crippen molar-refractivity contribution in [1.82, 2.24) is 0 Å². The van der Waals surface area contributed by atoms with E-state index in [-0.39, 0.29) is 5.16 Å². The maximum Gasteiger partial charge on any atom is 0.211 e. The van der Waals surface area contributed by atoms with E-state index in [1.54, 1.807) is 0 Å². The van der Waals surface area contributed by atoms with Gasteiger partial charge in [-0.1, -0.05) is 59.8 Å². The van der Waals surface area contributed by atoms with E-state index in [2.05, 4.69) is 27.7 Å². The molecule has 0 saturated carbocycles. The van der Waals surface area contributed by atoms with Gasteiger partial charge in [0.05, 0.1) is 11.8 Å². The van der Waals surface area contributed by atoms with E-state index in [1.807, 2.05) is 0 Å². The van der Waals surface area contributed by atoms with Crippen LogP contribution in [0.4, 0.5) is 0 Å². The van der Waals surface area contributed by atoms with Gasteiger partial charge in [-0.3, -0.25) is 4.57 Å². The molecule has 1 heterocycles. The maximum atomic E-state index is 13.2. The fourth-order valence-corrected chi connectivity index (χ4v) is 6.54. The minimum Gasteiger partial charge on any atom is -0.327 e. The summed E-state index contributed by atoms with van der Waals surface area (Å²) in [6.07, 6.45) is 10.2. The summed E-state index contributed by atoms with van der Waals surface area (Å²) in [6, 6.07) is 0. The van der Waals surface area contributed by atoms with Crippen molar-refractivity contribution in [2.45, 2.75) is 84.2 Å². The van der Waals surface area contributed by atoms with Crippen LogP contribution < -0.4 is 0 Å². The van der Waals surface area contributed by atoms with Gasteiger partial charge in [0.2, 0.25) is 7.37 Å². The highest BCUT2D eigenvalue weighted by molar-refractivity contribution is 7.62. The molecule has 3 unspecified atom stereocenters. The Morgan fingerprint density at radius 3 is 2.26 bits per heavy atom. The van der Waals surface area contributed by atoms with E-state index >= 15 is 0 Å². The van der Waals surface area contributed by atoms with Crippen molar-refractivity contribution in [1.29, 1.82) is 0 Å². The molecule has 1 fully saturated rings. The molecule has 2 nitrogen and oxygen atoms in total. The van der Waals surface area contributed by atoms with Gasteiger partial charge in [-0.05, 0) is 25.2 Å². The number of unbranched alkanes of at least 4 members (excludes halogenated alkanes) is 2. The first-order chi connectivity index (χ1) is 9.07. The Kier molecular flexibility index (Phi) is 7.11. The third-order valence-electron chi connectivity index (χ3n) is 4.96. The maximum absolute atomic E-state index is 13.2. The van der Waals surface area contributed by atoms with Gasteiger partial charge in [-0.15, -0.1) is 0 Å². The summed E-state index contributed by atoms with van der Waals surface area (Å²) in [6.45, 7) is 9.60. The summed E-state index contributed by atoms with van der Waals surface area (Å²) in [4.78, 5) is 0. The van der Waals surface area contributed by atoms with Crippen LogP contribution in [0.25, 0.3) is 0 Å². The van der Waals surface area contributed by atoms with Gasteiger partial charge < -0.3 is 4.52 Å². The smallest absolute Gasteiger partial charge is 0.211 e. The Balaban J connectivity index is 2.65. The SMILES string of the molecule is CCCCC(CC)CP1(=O)OCC1(CC)CCCC. The Bertz CT molecular complexity index is 299. The predicted octanol–water partition coefficient (Wildman–Crippen LogP) is 5.85. The van der Waals surface area contributed by atoms with Crippen LogP contribution in [0.1, 0.15) is 79.1 Å². The van der Waals surface area contributed by atoms with E-state index < -0.39 is 7.37 Å². The lowest BCUT2D eigenvalue weighted by Crippen LogP contribution is -2.45. The summed E-state index contributed by atoms with van der Waals surface area (Å²) in [7, 11) is -2.38. The minimum atomic E-state index is -2.38. The van der Waals surface area contributed by atoms with Gasteiger partial charge in [0.25, 0.3) is 0 Å². The van der Waals surface area contributed by atoms with Crippen molar-refractivity contribution in [2.75, 3.05) is 12.8 Å². The molecule has 3 heteroatoms. The average molecular weight is 288 g/mol. The number of rotatable bonds is 10. The van der Waals surface area contributed by atoms with E-state index in [0.717, 1.165) is 32.0 Å². The molecule has 0 N–H and O–H groups in total. The second-order valence-electron chi connectivity index (χ2n) is 6.23. The highest BCUT2D eigenvalue weighted by atomic mass is 31.2. The predicted molar refractivity (Wildman–Crippen MR) is 84.3 cm³/mol. The summed E-state index contributed by atoms with van der Waals surface area (Å²) in [5.41, 5.74) is 0. The molecule has 0 bridgehead atoms. The first kappa shape index (κ1) is 17.2. The van der Waals surface area contributed by atoms with Crippen molar-refractivity contribution in [2.24, 2.45) is 5.92 Å². The van der Waals surface area contributed by atoms with Gasteiger partial charge >= 0.3 is 0 Å². The first-order valence-electron chi connectivity index (χ1n) is 8.31. The molecule has 0 aromatic rings. The lowest BCUT2D eigenvalue weighted by Gasteiger charge is -2.49. The summed E-state index contributed by atoms with van der Waals surface area (Å²) >= 11 is 0. The molecule has 1 saturated heterocycles. The van der Waals surface area contributed by atoms with Gasteiger partial charge in [-0.2, -0.15) is 0 Å². The second kappa shape index (κ2) is 7.84. The standard InChI is InChI=1S/C16H33O2P/c1-5-9-11-15(7-3)13-19(17)16(8-4,14-18-19)12-10-6-2/h15H,5-14H2,1-4H3.